The standard InChI is InChI=1S/C17H15Cl2FN2O3/c18-11-2-1-10(14(19)7-11)5-6-22-16(23)9-25-17(24)13-4-3-12(20)8-15(13)21/h1-4,7-8H,5-6,9,21H2,(H,22,23). The summed E-state index contributed by atoms with van der Waals surface area (Å²) < 4.78 is 17.8. The smallest absolute Gasteiger partial charge is 0.340 e. The number of rotatable bonds is 6. The first-order chi connectivity index (χ1) is 11.9. The third-order valence-corrected chi connectivity index (χ3v) is 3.89. The van der Waals surface area contributed by atoms with E-state index in [0.29, 0.717) is 23.0 Å². The molecule has 0 aliphatic carbocycles. The topological polar surface area (TPSA) is 81.4 Å². The number of anilines is 1. The van der Waals surface area contributed by atoms with Gasteiger partial charge in [-0.1, -0.05) is 29.3 Å². The number of nitrogens with one attached hydrogen (secondary N) is 1. The molecule has 2 rings (SSSR count). The molecule has 0 radical (unpaired) electrons. The molecule has 0 aliphatic heterocycles. The van der Waals surface area contributed by atoms with Crippen molar-refractivity contribution in [3.05, 3.63) is 63.4 Å². The molecule has 2 aromatic rings. The Balaban J connectivity index is 1.77. The molecule has 8 heteroatoms. The zero-order chi connectivity index (χ0) is 18.4. The third-order valence-electron chi connectivity index (χ3n) is 3.30. The van der Waals surface area contributed by atoms with Crippen molar-refractivity contribution in [2.24, 2.45) is 0 Å². The normalized spacial score (nSPS) is 10.4. The number of halogens is 3. The Labute approximate surface area is 153 Å². The lowest BCUT2D eigenvalue weighted by Gasteiger charge is -2.09. The van der Waals surface area contributed by atoms with Crippen molar-refractivity contribution in [1.82, 2.24) is 5.32 Å². The molecule has 0 spiro atoms. The SMILES string of the molecule is Nc1cc(F)ccc1C(=O)OCC(=O)NCCc1ccc(Cl)cc1Cl. The number of hydrogen-bond acceptors (Lipinski definition) is 4. The van der Waals surface area contributed by atoms with Gasteiger partial charge in [0.05, 0.1) is 5.56 Å². The lowest BCUT2D eigenvalue weighted by atomic mass is 10.1. The molecular weight excluding hydrogens is 370 g/mol. The van der Waals surface area contributed by atoms with Crippen LogP contribution in [0.1, 0.15) is 15.9 Å². The van der Waals surface area contributed by atoms with Crippen LogP contribution in [0.15, 0.2) is 36.4 Å². The molecule has 1 amide bonds. The first kappa shape index (κ1) is 19.0. The van der Waals surface area contributed by atoms with Crippen LogP contribution in [0.5, 0.6) is 0 Å². The van der Waals surface area contributed by atoms with E-state index in [9.17, 15) is 14.0 Å². The molecule has 0 saturated carbocycles. The summed E-state index contributed by atoms with van der Waals surface area (Å²) in [6, 6.07) is 8.39. The summed E-state index contributed by atoms with van der Waals surface area (Å²) in [7, 11) is 0. The van der Waals surface area contributed by atoms with Gasteiger partial charge in [0.1, 0.15) is 5.82 Å². The molecule has 0 atom stereocenters. The van der Waals surface area contributed by atoms with E-state index < -0.39 is 24.3 Å². The highest BCUT2D eigenvalue weighted by molar-refractivity contribution is 6.35. The van der Waals surface area contributed by atoms with Gasteiger partial charge in [0.25, 0.3) is 5.91 Å². The van der Waals surface area contributed by atoms with E-state index in [2.05, 4.69) is 5.32 Å². The van der Waals surface area contributed by atoms with Gasteiger partial charge in [0.2, 0.25) is 0 Å². The number of nitrogen functional groups attached to an aromatic ring is 1. The average Bonchev–Trinajstić information content (AvgIpc) is 2.54. The highest BCUT2D eigenvalue weighted by atomic mass is 35.5. The van der Waals surface area contributed by atoms with Crippen molar-refractivity contribution in [3.8, 4) is 0 Å². The van der Waals surface area contributed by atoms with E-state index in [1.165, 1.54) is 6.07 Å². The van der Waals surface area contributed by atoms with Gasteiger partial charge in [-0.3, -0.25) is 4.79 Å². The Morgan fingerprint density at radius 3 is 2.60 bits per heavy atom. The maximum absolute atomic E-state index is 12.9. The molecule has 0 heterocycles. The van der Waals surface area contributed by atoms with Gasteiger partial charge in [0, 0.05) is 22.3 Å². The van der Waals surface area contributed by atoms with Crippen LogP contribution in [0.2, 0.25) is 10.0 Å². The molecular formula is C17H15Cl2FN2O3. The zero-order valence-corrected chi connectivity index (χ0v) is 14.5. The lowest BCUT2D eigenvalue weighted by Crippen LogP contribution is -2.30. The van der Waals surface area contributed by atoms with E-state index in [4.69, 9.17) is 33.7 Å². The van der Waals surface area contributed by atoms with Crippen LogP contribution in [0.3, 0.4) is 0 Å². The fraction of sp³-hybridized carbons (Fsp3) is 0.176. The zero-order valence-electron chi connectivity index (χ0n) is 13.0. The second kappa shape index (κ2) is 8.69. The number of benzene rings is 2. The highest BCUT2D eigenvalue weighted by Crippen LogP contribution is 2.21. The maximum atomic E-state index is 12.9. The molecule has 0 aromatic heterocycles. The number of amides is 1. The minimum Gasteiger partial charge on any atom is -0.452 e. The number of carbonyl (C=O) groups excluding carboxylic acids is 2. The van der Waals surface area contributed by atoms with E-state index >= 15 is 0 Å². The average molecular weight is 385 g/mol. The Morgan fingerprint density at radius 2 is 1.92 bits per heavy atom. The molecule has 0 bridgehead atoms. The third kappa shape index (κ3) is 5.62. The van der Waals surface area contributed by atoms with Crippen LogP contribution in [0.4, 0.5) is 10.1 Å². The van der Waals surface area contributed by atoms with Crippen molar-refractivity contribution in [2.45, 2.75) is 6.42 Å². The van der Waals surface area contributed by atoms with Crippen LogP contribution in [-0.2, 0) is 16.0 Å². The first-order valence-corrected chi connectivity index (χ1v) is 8.05. The summed E-state index contributed by atoms with van der Waals surface area (Å²) in [6.07, 6.45) is 0.501. The van der Waals surface area contributed by atoms with Crippen molar-refractivity contribution in [2.75, 3.05) is 18.9 Å². The van der Waals surface area contributed by atoms with E-state index in [-0.39, 0.29) is 11.3 Å². The van der Waals surface area contributed by atoms with Gasteiger partial charge in [-0.15, -0.1) is 0 Å². The highest BCUT2D eigenvalue weighted by Gasteiger charge is 2.13. The molecule has 0 fully saturated rings. The Morgan fingerprint density at radius 1 is 1.16 bits per heavy atom. The summed E-state index contributed by atoms with van der Waals surface area (Å²) in [6.45, 7) is -0.152. The predicted octanol–water partition coefficient (Wildman–Crippen LogP) is 3.23. The van der Waals surface area contributed by atoms with Crippen LogP contribution in [-0.4, -0.2) is 25.0 Å². The van der Waals surface area contributed by atoms with Gasteiger partial charge in [-0.2, -0.15) is 0 Å². The maximum Gasteiger partial charge on any atom is 0.340 e. The predicted molar refractivity (Wildman–Crippen MR) is 94.3 cm³/mol. The Hall–Kier alpha value is -2.31. The van der Waals surface area contributed by atoms with Crippen molar-refractivity contribution >= 4 is 40.8 Å². The second-order valence-electron chi connectivity index (χ2n) is 5.14. The molecule has 0 unspecified atom stereocenters. The van der Waals surface area contributed by atoms with E-state index in [1.807, 2.05) is 0 Å². The van der Waals surface area contributed by atoms with Crippen molar-refractivity contribution < 1.29 is 18.7 Å². The minimum absolute atomic E-state index is 0.00199. The summed E-state index contributed by atoms with van der Waals surface area (Å²) >= 11 is 11.8. The monoisotopic (exact) mass is 384 g/mol. The number of carbonyl (C=O) groups is 2. The number of ether oxygens (including phenoxy) is 1. The number of esters is 1. The minimum atomic E-state index is -0.798. The van der Waals surface area contributed by atoms with Gasteiger partial charge in [0.15, 0.2) is 6.61 Å². The van der Waals surface area contributed by atoms with Gasteiger partial charge < -0.3 is 15.8 Å². The van der Waals surface area contributed by atoms with Gasteiger partial charge >= 0.3 is 5.97 Å². The molecule has 5 nitrogen and oxygen atoms in total. The van der Waals surface area contributed by atoms with Gasteiger partial charge in [-0.25, -0.2) is 9.18 Å². The Kier molecular flexibility index (Phi) is 6.61. The first-order valence-electron chi connectivity index (χ1n) is 7.29. The summed E-state index contributed by atoms with van der Waals surface area (Å²) in [5.74, 6) is -1.83. The Bertz CT molecular complexity index is 799. The summed E-state index contributed by atoms with van der Waals surface area (Å²) in [5, 5.41) is 3.65. The lowest BCUT2D eigenvalue weighted by molar-refractivity contribution is -0.124. The number of hydrogen-bond donors (Lipinski definition) is 2. The quantitative estimate of drug-likeness (QED) is 0.591. The molecule has 3 N–H and O–H groups in total. The fourth-order valence-corrected chi connectivity index (χ4v) is 2.54. The summed E-state index contributed by atoms with van der Waals surface area (Å²) in [5.41, 5.74) is 6.32. The van der Waals surface area contributed by atoms with Crippen LogP contribution in [0.25, 0.3) is 0 Å². The summed E-state index contributed by atoms with van der Waals surface area (Å²) in [4.78, 5) is 23.5. The number of nitrogens with two attached hydrogens (primary N) is 1. The molecule has 25 heavy (non-hydrogen) atoms. The van der Waals surface area contributed by atoms with Crippen molar-refractivity contribution in [1.29, 1.82) is 0 Å². The van der Waals surface area contributed by atoms with Crippen molar-refractivity contribution in [3.63, 3.8) is 0 Å². The van der Waals surface area contributed by atoms with E-state index in [0.717, 1.165) is 17.7 Å². The molecule has 0 aliphatic rings. The molecule has 0 saturated heterocycles. The van der Waals surface area contributed by atoms with E-state index in [1.54, 1.807) is 18.2 Å². The second-order valence-corrected chi connectivity index (χ2v) is 5.99. The molecule has 132 valence electrons. The fourth-order valence-electron chi connectivity index (χ4n) is 2.04. The van der Waals surface area contributed by atoms with Crippen LogP contribution < -0.4 is 11.1 Å². The van der Waals surface area contributed by atoms with Crippen LogP contribution >= 0.6 is 23.2 Å². The molecule has 2 aromatic carbocycles. The largest absolute Gasteiger partial charge is 0.452 e. The van der Waals surface area contributed by atoms with Crippen LogP contribution in [0, 0.1) is 5.82 Å². The van der Waals surface area contributed by atoms with Gasteiger partial charge in [-0.05, 0) is 42.3 Å².